The number of pyridine rings is 1. The highest BCUT2D eigenvalue weighted by Gasteiger charge is 2.08. The van der Waals surface area contributed by atoms with Crippen molar-refractivity contribution >= 4 is 26.7 Å². The van der Waals surface area contributed by atoms with Gasteiger partial charge in [-0.3, -0.25) is 0 Å². The minimum absolute atomic E-state index is 0.230. The van der Waals surface area contributed by atoms with Crippen LogP contribution in [0.15, 0.2) is 28.9 Å². The van der Waals surface area contributed by atoms with Crippen molar-refractivity contribution in [2.45, 2.75) is 0 Å². The molecule has 1 heterocycles. The first-order valence-corrected chi connectivity index (χ1v) is 4.66. The molecule has 0 amide bonds. The fourth-order valence-corrected chi connectivity index (χ4v) is 1.84. The van der Waals surface area contributed by atoms with E-state index >= 15 is 0 Å². The summed E-state index contributed by atoms with van der Waals surface area (Å²) in [6.07, 6.45) is 1.43. The first-order valence-electron chi connectivity index (χ1n) is 3.87. The third-order valence-corrected chi connectivity index (χ3v) is 2.59. The van der Waals surface area contributed by atoms with Crippen LogP contribution in [0.2, 0.25) is 0 Å². The second kappa shape index (κ2) is 3.35. The molecule has 0 aliphatic heterocycles. The van der Waals surface area contributed by atoms with Crippen molar-refractivity contribution in [1.29, 1.82) is 5.26 Å². The molecule has 0 saturated carbocycles. The number of fused-ring (bicyclic) bond motifs is 1. The molecule has 1 aromatic carbocycles. The zero-order chi connectivity index (χ0) is 10.1. The summed E-state index contributed by atoms with van der Waals surface area (Å²) in [5, 5.41) is 9.73. The monoisotopic (exact) mass is 250 g/mol. The molecule has 0 atom stereocenters. The number of aromatic nitrogens is 1. The van der Waals surface area contributed by atoms with Gasteiger partial charge in [-0.15, -0.1) is 0 Å². The average Bonchev–Trinajstić information content (AvgIpc) is 2.23. The molecule has 4 heteroatoms. The number of rotatable bonds is 0. The minimum Gasteiger partial charge on any atom is -0.245 e. The maximum atomic E-state index is 13.3. The van der Waals surface area contributed by atoms with Crippen LogP contribution in [0, 0.1) is 17.1 Å². The highest BCUT2D eigenvalue weighted by atomic mass is 79.9. The number of nitriles is 1. The van der Waals surface area contributed by atoms with E-state index in [1.165, 1.54) is 12.3 Å². The van der Waals surface area contributed by atoms with E-state index in [1.54, 1.807) is 12.1 Å². The summed E-state index contributed by atoms with van der Waals surface area (Å²) in [5.74, 6) is -0.345. The molecular formula is C10H4BrFN2. The van der Waals surface area contributed by atoms with Gasteiger partial charge in [0.2, 0.25) is 0 Å². The molecule has 0 aliphatic rings. The minimum atomic E-state index is -0.345. The summed E-state index contributed by atoms with van der Waals surface area (Å²) in [6, 6.07) is 6.41. The first kappa shape index (κ1) is 9.10. The van der Waals surface area contributed by atoms with Crippen LogP contribution >= 0.6 is 15.9 Å². The molecule has 0 N–H and O–H groups in total. The Kier molecular flexibility index (Phi) is 2.18. The van der Waals surface area contributed by atoms with E-state index in [9.17, 15) is 4.39 Å². The standard InChI is InChI=1S/C10H4BrFN2/c11-7-1-2-8(12)6-3-4-14-9(5-13)10(6)7/h1-4H. The molecule has 0 bridgehead atoms. The Morgan fingerprint density at radius 3 is 2.86 bits per heavy atom. The third kappa shape index (κ3) is 1.26. The predicted octanol–water partition coefficient (Wildman–Crippen LogP) is 3.01. The number of hydrogen-bond acceptors (Lipinski definition) is 2. The van der Waals surface area contributed by atoms with Crippen molar-refractivity contribution in [3.05, 3.63) is 40.4 Å². The number of halogens is 2. The molecule has 0 spiro atoms. The van der Waals surface area contributed by atoms with Crippen LogP contribution in [0.4, 0.5) is 4.39 Å². The fourth-order valence-electron chi connectivity index (χ4n) is 1.31. The highest BCUT2D eigenvalue weighted by molar-refractivity contribution is 9.10. The van der Waals surface area contributed by atoms with Crippen molar-refractivity contribution < 1.29 is 4.39 Å². The maximum Gasteiger partial charge on any atom is 0.149 e. The smallest absolute Gasteiger partial charge is 0.149 e. The van der Waals surface area contributed by atoms with Crippen molar-refractivity contribution in [1.82, 2.24) is 4.98 Å². The summed E-state index contributed by atoms with van der Waals surface area (Å²) < 4.78 is 14.0. The Morgan fingerprint density at radius 1 is 1.36 bits per heavy atom. The van der Waals surface area contributed by atoms with E-state index in [2.05, 4.69) is 20.9 Å². The van der Waals surface area contributed by atoms with Gasteiger partial charge in [0, 0.05) is 21.4 Å². The number of hydrogen-bond donors (Lipinski definition) is 0. The maximum absolute atomic E-state index is 13.3. The second-order valence-corrected chi connectivity index (χ2v) is 3.58. The summed E-state index contributed by atoms with van der Waals surface area (Å²) in [6.45, 7) is 0. The SMILES string of the molecule is N#Cc1nccc2c(F)ccc(Br)c12. The molecule has 0 saturated heterocycles. The van der Waals surface area contributed by atoms with Crippen LogP contribution in [-0.2, 0) is 0 Å². The lowest BCUT2D eigenvalue weighted by molar-refractivity contribution is 0.639. The van der Waals surface area contributed by atoms with E-state index < -0.39 is 0 Å². The molecule has 0 radical (unpaired) electrons. The number of benzene rings is 1. The van der Waals surface area contributed by atoms with Crippen molar-refractivity contribution in [2.75, 3.05) is 0 Å². The van der Waals surface area contributed by atoms with Crippen molar-refractivity contribution in [2.24, 2.45) is 0 Å². The average molecular weight is 251 g/mol. The lowest BCUT2D eigenvalue weighted by Gasteiger charge is -2.02. The summed E-state index contributed by atoms with van der Waals surface area (Å²) in [4.78, 5) is 3.87. The molecular weight excluding hydrogens is 247 g/mol. The van der Waals surface area contributed by atoms with E-state index in [0.717, 1.165) is 0 Å². The Hall–Kier alpha value is -1.47. The summed E-state index contributed by atoms with van der Waals surface area (Å²) in [5.41, 5.74) is 0.230. The Morgan fingerprint density at radius 2 is 2.14 bits per heavy atom. The zero-order valence-corrected chi connectivity index (χ0v) is 8.55. The molecule has 68 valence electrons. The van der Waals surface area contributed by atoms with Gasteiger partial charge < -0.3 is 0 Å². The molecule has 2 nitrogen and oxygen atoms in total. The largest absolute Gasteiger partial charge is 0.245 e. The van der Waals surface area contributed by atoms with Gasteiger partial charge in [-0.1, -0.05) is 15.9 Å². The van der Waals surface area contributed by atoms with Gasteiger partial charge in [0.1, 0.15) is 17.6 Å². The third-order valence-electron chi connectivity index (χ3n) is 1.93. The van der Waals surface area contributed by atoms with Crippen LogP contribution in [0.5, 0.6) is 0 Å². The molecule has 2 aromatic rings. The normalized spacial score (nSPS) is 10.1. The van der Waals surface area contributed by atoms with Crippen LogP contribution < -0.4 is 0 Å². The Balaban J connectivity index is 3.01. The zero-order valence-electron chi connectivity index (χ0n) is 6.96. The van der Waals surface area contributed by atoms with E-state index in [4.69, 9.17) is 5.26 Å². The van der Waals surface area contributed by atoms with E-state index in [0.29, 0.717) is 15.2 Å². The molecule has 0 unspecified atom stereocenters. The Labute approximate surface area is 88.1 Å². The van der Waals surface area contributed by atoms with Gasteiger partial charge in [-0.25, -0.2) is 9.37 Å². The predicted molar refractivity (Wildman–Crippen MR) is 54.1 cm³/mol. The van der Waals surface area contributed by atoms with Gasteiger partial charge in [0.15, 0.2) is 0 Å². The lowest BCUT2D eigenvalue weighted by atomic mass is 10.1. The van der Waals surface area contributed by atoms with Crippen LogP contribution in [0.1, 0.15) is 5.69 Å². The van der Waals surface area contributed by atoms with E-state index in [1.807, 2.05) is 6.07 Å². The quantitative estimate of drug-likeness (QED) is 0.721. The van der Waals surface area contributed by atoms with Gasteiger partial charge in [-0.05, 0) is 18.2 Å². The molecule has 1 aromatic heterocycles. The molecule has 14 heavy (non-hydrogen) atoms. The van der Waals surface area contributed by atoms with Gasteiger partial charge in [0.25, 0.3) is 0 Å². The van der Waals surface area contributed by atoms with Crippen LogP contribution in [-0.4, -0.2) is 4.98 Å². The van der Waals surface area contributed by atoms with E-state index in [-0.39, 0.29) is 11.5 Å². The van der Waals surface area contributed by atoms with Crippen molar-refractivity contribution in [3.8, 4) is 6.07 Å². The Bertz CT molecular complexity index is 546. The molecule has 0 fully saturated rings. The number of nitrogens with zero attached hydrogens (tertiary/aromatic N) is 2. The van der Waals surface area contributed by atoms with Crippen LogP contribution in [0.25, 0.3) is 10.8 Å². The topological polar surface area (TPSA) is 36.7 Å². The highest BCUT2D eigenvalue weighted by Crippen LogP contribution is 2.27. The van der Waals surface area contributed by atoms with Gasteiger partial charge in [-0.2, -0.15) is 5.26 Å². The molecule has 0 aliphatic carbocycles. The first-order chi connectivity index (χ1) is 6.74. The summed E-state index contributed by atoms with van der Waals surface area (Å²) in [7, 11) is 0. The van der Waals surface area contributed by atoms with Gasteiger partial charge in [0.05, 0.1) is 0 Å². The summed E-state index contributed by atoms with van der Waals surface area (Å²) >= 11 is 3.26. The second-order valence-electron chi connectivity index (χ2n) is 2.72. The fraction of sp³-hybridized carbons (Fsp3) is 0. The lowest BCUT2D eigenvalue weighted by Crippen LogP contribution is -1.88. The van der Waals surface area contributed by atoms with Gasteiger partial charge >= 0.3 is 0 Å². The molecule has 2 rings (SSSR count). The van der Waals surface area contributed by atoms with Crippen LogP contribution in [0.3, 0.4) is 0 Å². The van der Waals surface area contributed by atoms with Crippen molar-refractivity contribution in [3.63, 3.8) is 0 Å².